The molecule has 1 aliphatic carbocycles. The van der Waals surface area contributed by atoms with Gasteiger partial charge in [-0.1, -0.05) is 13.0 Å². The molecule has 0 bridgehead atoms. The summed E-state index contributed by atoms with van der Waals surface area (Å²) in [6, 6.07) is 9.05. The molecule has 1 N–H and O–H groups in total. The van der Waals surface area contributed by atoms with Crippen LogP contribution < -0.4 is 5.56 Å². The van der Waals surface area contributed by atoms with E-state index in [9.17, 15) is 23.2 Å². The largest absolute Gasteiger partial charge is 0.416 e. The molecule has 0 saturated heterocycles. The average molecular weight is 509 g/mol. The van der Waals surface area contributed by atoms with Crippen molar-refractivity contribution in [3.05, 3.63) is 79.5 Å². The van der Waals surface area contributed by atoms with E-state index in [1.165, 1.54) is 22.3 Å². The molecule has 36 heavy (non-hydrogen) atoms. The Morgan fingerprint density at radius 3 is 2.81 bits per heavy atom. The summed E-state index contributed by atoms with van der Waals surface area (Å²) in [6.07, 6.45) is -0.0232. The van der Waals surface area contributed by atoms with Crippen LogP contribution in [-0.2, 0) is 19.0 Å². The third-order valence-corrected chi connectivity index (χ3v) is 7.89. The molecule has 0 spiro atoms. The number of fused-ring (bicyclic) bond motifs is 3. The second-order valence-electron chi connectivity index (χ2n) is 9.33. The highest BCUT2D eigenvalue weighted by Gasteiger charge is 2.31. The molecule has 1 aromatic carbocycles. The summed E-state index contributed by atoms with van der Waals surface area (Å²) >= 11 is 1.51. The Hall–Kier alpha value is -3.64. The van der Waals surface area contributed by atoms with Gasteiger partial charge in [-0.05, 0) is 80.5 Å². The molecule has 184 valence electrons. The molecule has 4 aromatic rings. The molecule has 0 amide bonds. The third kappa shape index (κ3) is 4.16. The lowest BCUT2D eigenvalue weighted by molar-refractivity contribution is -0.137. The zero-order chi connectivity index (χ0) is 25.8. The number of nitrogens with zero attached hydrogens (tertiary/aromatic N) is 3. The first-order valence-electron chi connectivity index (χ1n) is 11.6. The molecule has 5 rings (SSSR count). The Morgan fingerprint density at radius 1 is 1.31 bits per heavy atom. The molecule has 0 saturated carbocycles. The fourth-order valence-electron chi connectivity index (χ4n) is 4.94. The first kappa shape index (κ1) is 24.1. The second-order valence-corrected chi connectivity index (χ2v) is 10.4. The molecule has 1 unspecified atom stereocenters. The van der Waals surface area contributed by atoms with Crippen LogP contribution in [0.4, 0.5) is 13.2 Å². The van der Waals surface area contributed by atoms with E-state index >= 15 is 0 Å². The van der Waals surface area contributed by atoms with E-state index in [4.69, 9.17) is 0 Å². The minimum absolute atomic E-state index is 0.179. The predicted molar refractivity (Wildman–Crippen MR) is 135 cm³/mol. The summed E-state index contributed by atoms with van der Waals surface area (Å²) in [6.45, 7) is 5.77. The van der Waals surface area contributed by atoms with Crippen molar-refractivity contribution in [3.63, 3.8) is 0 Å². The highest BCUT2D eigenvalue weighted by Crippen LogP contribution is 2.36. The molecule has 9 heteroatoms. The fraction of sp³-hybridized carbons (Fsp3) is 0.296. The minimum atomic E-state index is -4.45. The number of nitrogens with one attached hydrogen (secondary N) is 1. The van der Waals surface area contributed by atoms with E-state index < -0.39 is 11.7 Å². The van der Waals surface area contributed by atoms with Crippen LogP contribution in [0.3, 0.4) is 0 Å². The van der Waals surface area contributed by atoms with Gasteiger partial charge < -0.3 is 9.55 Å². The molecule has 3 aromatic heterocycles. The van der Waals surface area contributed by atoms with Gasteiger partial charge in [-0.2, -0.15) is 18.4 Å². The lowest BCUT2D eigenvalue weighted by Crippen LogP contribution is -2.14. The number of hydrogen-bond donors (Lipinski definition) is 1. The monoisotopic (exact) mass is 508 g/mol. The van der Waals surface area contributed by atoms with Gasteiger partial charge in [0.2, 0.25) is 0 Å². The van der Waals surface area contributed by atoms with Gasteiger partial charge in [-0.15, -0.1) is 11.3 Å². The summed E-state index contributed by atoms with van der Waals surface area (Å²) in [5.74, 6) is 0.747. The van der Waals surface area contributed by atoms with Gasteiger partial charge in [-0.25, -0.2) is 4.98 Å². The number of allylic oxidation sites excluding steroid dienone is 1. The smallest absolute Gasteiger partial charge is 0.318 e. The Labute approximate surface area is 209 Å². The third-order valence-electron chi connectivity index (χ3n) is 6.74. The summed E-state index contributed by atoms with van der Waals surface area (Å²) in [7, 11) is 0. The summed E-state index contributed by atoms with van der Waals surface area (Å²) in [5, 5.41) is 10.5. The van der Waals surface area contributed by atoms with Crippen molar-refractivity contribution in [2.24, 2.45) is 5.92 Å². The van der Waals surface area contributed by atoms with Crippen molar-refractivity contribution >= 4 is 33.2 Å². The molecule has 0 fully saturated rings. The average Bonchev–Trinajstić information content (AvgIpc) is 3.32. The maximum absolute atomic E-state index is 13.2. The molecule has 1 aliphatic rings. The van der Waals surface area contributed by atoms with E-state index in [2.05, 4.69) is 23.0 Å². The Kier molecular flexibility index (Phi) is 5.87. The normalized spacial score (nSPS) is 16.2. The van der Waals surface area contributed by atoms with E-state index in [0.717, 1.165) is 37.0 Å². The van der Waals surface area contributed by atoms with Crippen molar-refractivity contribution in [1.82, 2.24) is 14.5 Å². The van der Waals surface area contributed by atoms with Crippen molar-refractivity contribution in [3.8, 4) is 11.8 Å². The number of aromatic nitrogens is 3. The first-order chi connectivity index (χ1) is 17.1. The standard InChI is InChI=1S/C27H23F3N4OS/c1-14-7-8-21-22(9-14)36-26-23(21)25(35)32-24(33-26)18(13-31)11-17-10-15(2)34(16(17)3)20-6-4-5-19(12-20)27(28,29)30/h4-6,10-12,14H,7-9H2,1-3H3,(H,32,33,35)/b18-11+. The topological polar surface area (TPSA) is 74.5 Å². The van der Waals surface area contributed by atoms with Crippen molar-refractivity contribution in [2.45, 2.75) is 46.2 Å². The SMILES string of the molecule is Cc1cc(/C=C(\C#N)c2nc3sc4c(c3c(=O)[nH]2)CCC(C)C4)c(C)n1-c1cccc(C(F)(F)F)c1. The number of H-pyrrole nitrogens is 1. The molecule has 5 nitrogen and oxygen atoms in total. The van der Waals surface area contributed by atoms with Gasteiger partial charge in [0.05, 0.1) is 16.5 Å². The number of benzene rings is 1. The molecule has 0 aliphatic heterocycles. The van der Waals surface area contributed by atoms with Crippen LogP contribution in [0.25, 0.3) is 27.6 Å². The molecular formula is C27H23F3N4OS. The predicted octanol–water partition coefficient (Wildman–Crippen LogP) is 6.60. The van der Waals surface area contributed by atoms with E-state index in [1.54, 1.807) is 36.6 Å². The van der Waals surface area contributed by atoms with Crippen LogP contribution in [0.5, 0.6) is 0 Å². The second kappa shape index (κ2) is 8.79. The quantitative estimate of drug-likeness (QED) is 0.317. The Balaban J connectivity index is 1.58. The van der Waals surface area contributed by atoms with Crippen LogP contribution in [0.2, 0.25) is 0 Å². The number of rotatable bonds is 3. The maximum Gasteiger partial charge on any atom is 0.416 e. The molecule has 3 heterocycles. The van der Waals surface area contributed by atoms with Crippen LogP contribution in [0.1, 0.15) is 52.1 Å². The summed E-state index contributed by atoms with van der Waals surface area (Å²) < 4.78 is 41.4. The zero-order valence-electron chi connectivity index (χ0n) is 20.0. The highest BCUT2D eigenvalue weighted by atomic mass is 32.1. The van der Waals surface area contributed by atoms with Gasteiger partial charge in [0.25, 0.3) is 5.56 Å². The Morgan fingerprint density at radius 2 is 2.08 bits per heavy atom. The number of aromatic amines is 1. The maximum atomic E-state index is 13.2. The van der Waals surface area contributed by atoms with Crippen LogP contribution in [-0.4, -0.2) is 14.5 Å². The number of hydrogen-bond acceptors (Lipinski definition) is 4. The number of aryl methyl sites for hydroxylation is 2. The number of halogens is 3. The van der Waals surface area contributed by atoms with Crippen LogP contribution in [0.15, 0.2) is 35.1 Å². The van der Waals surface area contributed by atoms with Gasteiger partial charge in [0.15, 0.2) is 5.82 Å². The van der Waals surface area contributed by atoms with E-state index in [0.29, 0.717) is 38.8 Å². The van der Waals surface area contributed by atoms with Crippen molar-refractivity contribution in [2.75, 3.05) is 0 Å². The van der Waals surface area contributed by atoms with Crippen LogP contribution >= 0.6 is 11.3 Å². The van der Waals surface area contributed by atoms with Gasteiger partial charge in [-0.3, -0.25) is 4.79 Å². The highest BCUT2D eigenvalue weighted by molar-refractivity contribution is 7.18. The molecule has 1 atom stereocenters. The Bertz CT molecular complexity index is 1630. The van der Waals surface area contributed by atoms with Gasteiger partial charge in [0.1, 0.15) is 10.9 Å². The van der Waals surface area contributed by atoms with Crippen LogP contribution in [0, 0.1) is 31.1 Å². The minimum Gasteiger partial charge on any atom is -0.318 e. The summed E-state index contributed by atoms with van der Waals surface area (Å²) in [4.78, 5) is 22.2. The molecule has 0 radical (unpaired) electrons. The lowest BCUT2D eigenvalue weighted by Gasteiger charge is -2.17. The lowest BCUT2D eigenvalue weighted by atomic mass is 9.89. The first-order valence-corrected chi connectivity index (χ1v) is 12.4. The number of thiophene rings is 1. The number of nitriles is 1. The number of alkyl halides is 3. The summed E-state index contributed by atoms with van der Waals surface area (Å²) in [5.41, 5.74) is 2.69. The van der Waals surface area contributed by atoms with Crippen molar-refractivity contribution < 1.29 is 13.2 Å². The van der Waals surface area contributed by atoms with Gasteiger partial charge in [0, 0.05) is 22.0 Å². The van der Waals surface area contributed by atoms with E-state index in [-0.39, 0.29) is 17.0 Å². The molecular weight excluding hydrogens is 485 g/mol. The van der Waals surface area contributed by atoms with E-state index in [1.807, 2.05) is 0 Å². The van der Waals surface area contributed by atoms with Gasteiger partial charge >= 0.3 is 6.18 Å². The van der Waals surface area contributed by atoms with Crippen molar-refractivity contribution in [1.29, 1.82) is 5.26 Å². The zero-order valence-corrected chi connectivity index (χ0v) is 20.8. The fourth-order valence-corrected chi connectivity index (χ4v) is 6.32.